The maximum absolute atomic E-state index is 13.0. The molecule has 0 unspecified atom stereocenters. The predicted octanol–water partition coefficient (Wildman–Crippen LogP) is 3.40. The fraction of sp³-hybridized carbons (Fsp3) is 0.235. The van der Waals surface area contributed by atoms with E-state index in [2.05, 4.69) is 25.9 Å². The molecule has 0 saturated heterocycles. The molecular formula is C17H16F3N5O3. The van der Waals surface area contributed by atoms with Crippen LogP contribution < -0.4 is 20.7 Å². The molecule has 11 heteroatoms. The summed E-state index contributed by atoms with van der Waals surface area (Å²) >= 11 is 0. The molecule has 2 aromatic heterocycles. The second-order valence-corrected chi connectivity index (χ2v) is 5.61. The first-order valence-corrected chi connectivity index (χ1v) is 7.98. The molecule has 0 aliphatic carbocycles. The number of halogens is 3. The molecule has 0 bridgehead atoms. The van der Waals surface area contributed by atoms with Gasteiger partial charge in [-0.2, -0.15) is 18.2 Å². The molecule has 1 aromatic carbocycles. The minimum absolute atomic E-state index is 0.0759. The van der Waals surface area contributed by atoms with Gasteiger partial charge < -0.3 is 25.1 Å². The van der Waals surface area contributed by atoms with E-state index in [-0.39, 0.29) is 17.7 Å². The zero-order valence-electron chi connectivity index (χ0n) is 15.1. The van der Waals surface area contributed by atoms with Crippen LogP contribution in [0.15, 0.2) is 29.0 Å². The normalized spacial score (nSPS) is 11.4. The van der Waals surface area contributed by atoms with Crippen LogP contribution in [0.2, 0.25) is 0 Å². The van der Waals surface area contributed by atoms with Gasteiger partial charge in [-0.1, -0.05) is 0 Å². The van der Waals surface area contributed by atoms with Crippen LogP contribution in [-0.4, -0.2) is 37.1 Å². The molecule has 0 radical (unpaired) electrons. The molecule has 28 heavy (non-hydrogen) atoms. The van der Waals surface area contributed by atoms with Crippen molar-refractivity contribution < 1.29 is 27.1 Å². The molecule has 2 heterocycles. The first-order valence-electron chi connectivity index (χ1n) is 7.98. The summed E-state index contributed by atoms with van der Waals surface area (Å²) in [5, 5.41) is 8.24. The van der Waals surface area contributed by atoms with Crippen LogP contribution in [0.1, 0.15) is 15.9 Å². The Hall–Kier alpha value is -3.50. The lowest BCUT2D eigenvalue weighted by molar-refractivity contribution is -0.137. The molecule has 3 aromatic rings. The van der Waals surface area contributed by atoms with Crippen molar-refractivity contribution in [1.29, 1.82) is 0 Å². The third kappa shape index (κ3) is 3.50. The zero-order valence-corrected chi connectivity index (χ0v) is 15.1. The highest BCUT2D eigenvalue weighted by molar-refractivity contribution is 6.07. The monoisotopic (exact) mass is 395 g/mol. The number of hydrogen-bond donors (Lipinski definition) is 3. The first-order chi connectivity index (χ1) is 13.3. The van der Waals surface area contributed by atoms with Gasteiger partial charge in [0, 0.05) is 31.7 Å². The highest BCUT2D eigenvalue weighted by Gasteiger charge is 2.35. The SMILES string of the molecule is CNC(=O)c1coc2cc(Nc3ncc(C(F)(F)F)c(NC)n3)c(OC)cc12. The van der Waals surface area contributed by atoms with Gasteiger partial charge in [-0.05, 0) is 6.07 Å². The van der Waals surface area contributed by atoms with Crippen molar-refractivity contribution >= 4 is 34.3 Å². The van der Waals surface area contributed by atoms with Crippen molar-refractivity contribution in [2.45, 2.75) is 6.18 Å². The van der Waals surface area contributed by atoms with Gasteiger partial charge in [-0.3, -0.25) is 4.79 Å². The van der Waals surface area contributed by atoms with Crippen molar-refractivity contribution in [3.05, 3.63) is 35.7 Å². The van der Waals surface area contributed by atoms with Gasteiger partial charge in [0.05, 0.1) is 18.4 Å². The third-order valence-electron chi connectivity index (χ3n) is 3.94. The molecule has 0 aliphatic heterocycles. The number of benzene rings is 1. The summed E-state index contributed by atoms with van der Waals surface area (Å²) in [6.07, 6.45) is -2.60. The van der Waals surface area contributed by atoms with Crippen LogP contribution in [0, 0.1) is 0 Å². The Bertz CT molecular complexity index is 1030. The number of carbonyl (C=O) groups is 1. The zero-order chi connectivity index (χ0) is 20.5. The second-order valence-electron chi connectivity index (χ2n) is 5.61. The summed E-state index contributed by atoms with van der Waals surface area (Å²) in [4.78, 5) is 19.5. The van der Waals surface area contributed by atoms with Crippen molar-refractivity contribution in [3.8, 4) is 5.75 Å². The summed E-state index contributed by atoms with van der Waals surface area (Å²) in [6, 6.07) is 3.12. The van der Waals surface area contributed by atoms with Gasteiger partial charge in [0.25, 0.3) is 5.91 Å². The Kier molecular flexibility index (Phi) is 4.99. The molecule has 3 rings (SSSR count). The van der Waals surface area contributed by atoms with Crippen LogP contribution in [0.5, 0.6) is 5.75 Å². The molecule has 0 saturated carbocycles. The number of furan rings is 1. The van der Waals surface area contributed by atoms with E-state index < -0.39 is 11.7 Å². The average molecular weight is 395 g/mol. The fourth-order valence-electron chi connectivity index (χ4n) is 2.59. The summed E-state index contributed by atoms with van der Waals surface area (Å²) in [6.45, 7) is 0. The van der Waals surface area contributed by atoms with Crippen molar-refractivity contribution in [3.63, 3.8) is 0 Å². The lowest BCUT2D eigenvalue weighted by Gasteiger charge is -2.14. The van der Waals surface area contributed by atoms with E-state index in [1.54, 1.807) is 12.1 Å². The predicted molar refractivity (Wildman–Crippen MR) is 96.0 cm³/mol. The molecular weight excluding hydrogens is 379 g/mol. The summed E-state index contributed by atoms with van der Waals surface area (Å²) in [5.41, 5.74) is 0.0760. The van der Waals surface area contributed by atoms with E-state index in [1.807, 2.05) is 0 Å². The smallest absolute Gasteiger partial charge is 0.421 e. The number of carbonyl (C=O) groups excluding carboxylic acids is 1. The minimum Gasteiger partial charge on any atom is -0.495 e. The minimum atomic E-state index is -4.59. The fourth-order valence-corrected chi connectivity index (χ4v) is 2.59. The Morgan fingerprint density at radius 1 is 1.25 bits per heavy atom. The van der Waals surface area contributed by atoms with Gasteiger partial charge in [-0.15, -0.1) is 0 Å². The van der Waals surface area contributed by atoms with Crippen LogP contribution in [-0.2, 0) is 6.18 Å². The number of rotatable bonds is 5. The van der Waals surface area contributed by atoms with Crippen molar-refractivity contribution in [2.24, 2.45) is 0 Å². The molecule has 1 amide bonds. The molecule has 0 spiro atoms. The number of alkyl halides is 3. The summed E-state index contributed by atoms with van der Waals surface area (Å²) in [5.74, 6) is -0.446. The molecule has 0 atom stereocenters. The summed E-state index contributed by atoms with van der Waals surface area (Å²) in [7, 11) is 4.24. The van der Waals surface area contributed by atoms with Gasteiger partial charge in [0.1, 0.15) is 29.0 Å². The van der Waals surface area contributed by atoms with E-state index in [4.69, 9.17) is 9.15 Å². The van der Waals surface area contributed by atoms with E-state index in [0.29, 0.717) is 34.2 Å². The molecule has 0 aliphatic rings. The largest absolute Gasteiger partial charge is 0.495 e. The number of amides is 1. The first kappa shape index (κ1) is 19.3. The quantitative estimate of drug-likeness (QED) is 0.609. The van der Waals surface area contributed by atoms with Gasteiger partial charge in [0.2, 0.25) is 5.95 Å². The number of fused-ring (bicyclic) bond motifs is 1. The standard InChI is InChI=1S/C17H16F3N5O3/c1-21-14-10(17(18,19)20)6-23-16(25-14)24-11-5-12-8(4-13(11)27-3)9(7-28-12)15(26)22-2/h4-7H,1-3H3,(H,22,26)(H2,21,23,24,25). The van der Waals surface area contributed by atoms with E-state index in [1.165, 1.54) is 27.5 Å². The number of nitrogens with zero attached hydrogens (tertiary/aromatic N) is 2. The molecule has 3 N–H and O–H groups in total. The maximum Gasteiger partial charge on any atom is 0.421 e. The third-order valence-corrected chi connectivity index (χ3v) is 3.94. The van der Waals surface area contributed by atoms with E-state index in [9.17, 15) is 18.0 Å². The number of methoxy groups -OCH3 is 1. The second kappa shape index (κ2) is 7.25. The Labute approximate surface area is 157 Å². The number of aromatic nitrogens is 2. The molecule has 8 nitrogen and oxygen atoms in total. The van der Waals surface area contributed by atoms with Crippen LogP contribution in [0.4, 0.5) is 30.6 Å². The van der Waals surface area contributed by atoms with E-state index in [0.717, 1.165) is 0 Å². The van der Waals surface area contributed by atoms with Crippen LogP contribution in [0.25, 0.3) is 11.0 Å². The van der Waals surface area contributed by atoms with Crippen LogP contribution in [0.3, 0.4) is 0 Å². The number of nitrogens with one attached hydrogen (secondary N) is 3. The number of ether oxygens (including phenoxy) is 1. The Balaban J connectivity index is 2.01. The average Bonchev–Trinajstić information content (AvgIpc) is 3.08. The topological polar surface area (TPSA) is 101 Å². The maximum atomic E-state index is 13.0. The lowest BCUT2D eigenvalue weighted by Crippen LogP contribution is -2.17. The number of hydrogen-bond acceptors (Lipinski definition) is 7. The molecule has 0 fully saturated rings. The summed E-state index contributed by atoms with van der Waals surface area (Å²) < 4.78 is 49.6. The molecule has 148 valence electrons. The highest BCUT2D eigenvalue weighted by atomic mass is 19.4. The van der Waals surface area contributed by atoms with Gasteiger partial charge in [-0.25, -0.2) is 4.98 Å². The Morgan fingerprint density at radius 2 is 2.00 bits per heavy atom. The highest BCUT2D eigenvalue weighted by Crippen LogP contribution is 2.36. The van der Waals surface area contributed by atoms with Crippen molar-refractivity contribution in [1.82, 2.24) is 15.3 Å². The lowest BCUT2D eigenvalue weighted by atomic mass is 10.1. The Morgan fingerprint density at radius 3 is 2.61 bits per heavy atom. The van der Waals surface area contributed by atoms with Gasteiger partial charge in [0.15, 0.2) is 0 Å². The van der Waals surface area contributed by atoms with E-state index >= 15 is 0 Å². The van der Waals surface area contributed by atoms with Crippen LogP contribution >= 0.6 is 0 Å². The van der Waals surface area contributed by atoms with Gasteiger partial charge >= 0.3 is 6.18 Å². The number of anilines is 3. The van der Waals surface area contributed by atoms with Crippen molar-refractivity contribution in [2.75, 3.05) is 31.8 Å².